The third-order valence-corrected chi connectivity index (χ3v) is 7.77. The van der Waals surface area contributed by atoms with Crippen LogP contribution in [0.2, 0.25) is 5.02 Å². The number of anilines is 2. The molecule has 0 spiro atoms. The lowest BCUT2D eigenvalue weighted by Gasteiger charge is -2.23. The van der Waals surface area contributed by atoms with Gasteiger partial charge >= 0.3 is 5.97 Å². The van der Waals surface area contributed by atoms with E-state index in [-0.39, 0.29) is 22.0 Å². The van der Waals surface area contributed by atoms with E-state index >= 15 is 0 Å². The molecule has 1 amide bonds. The summed E-state index contributed by atoms with van der Waals surface area (Å²) in [7, 11) is -3.97. The maximum atomic E-state index is 13.2. The number of rotatable bonds is 8. The number of benzene rings is 3. The number of hydrogen-bond donors (Lipinski definition) is 1. The number of nitrogens with zero attached hydrogens (tertiary/aromatic N) is 1. The maximum Gasteiger partial charge on any atom is 0.340 e. The van der Waals surface area contributed by atoms with E-state index in [2.05, 4.69) is 27.9 Å². The smallest absolute Gasteiger partial charge is 0.340 e. The minimum Gasteiger partial charge on any atom is -0.452 e. The first-order valence-corrected chi connectivity index (χ1v) is 13.1. The van der Waals surface area contributed by atoms with Crippen LogP contribution in [0.3, 0.4) is 0 Å². The van der Waals surface area contributed by atoms with Crippen molar-refractivity contribution in [3.8, 4) is 0 Å². The van der Waals surface area contributed by atoms with Crippen LogP contribution in [0.4, 0.5) is 11.4 Å². The fourth-order valence-electron chi connectivity index (χ4n) is 3.20. The Morgan fingerprint density at radius 2 is 1.76 bits per heavy atom. The van der Waals surface area contributed by atoms with E-state index in [9.17, 15) is 18.0 Å². The number of esters is 1. The lowest BCUT2D eigenvalue weighted by Crippen LogP contribution is -2.31. The number of nitrogens with one attached hydrogen (secondary N) is 1. The Kier molecular flexibility index (Phi) is 8.56. The van der Waals surface area contributed by atoms with E-state index in [1.807, 2.05) is 19.1 Å². The molecule has 10 heteroatoms. The molecule has 3 aromatic carbocycles. The van der Waals surface area contributed by atoms with E-state index in [0.29, 0.717) is 11.4 Å². The van der Waals surface area contributed by atoms with Gasteiger partial charge in [-0.25, -0.2) is 13.2 Å². The van der Waals surface area contributed by atoms with E-state index in [1.165, 1.54) is 16.4 Å². The van der Waals surface area contributed by atoms with Crippen molar-refractivity contribution < 1.29 is 22.7 Å². The predicted molar refractivity (Wildman–Crippen MR) is 141 cm³/mol. The minimum absolute atomic E-state index is 0.0144. The Morgan fingerprint density at radius 3 is 2.41 bits per heavy atom. The summed E-state index contributed by atoms with van der Waals surface area (Å²) in [6, 6.07) is 17.9. The molecule has 1 N–H and O–H groups in total. The van der Waals surface area contributed by atoms with E-state index in [4.69, 9.17) is 16.3 Å². The Bertz CT molecular complexity index is 1320. The van der Waals surface area contributed by atoms with Crippen LogP contribution in [0.1, 0.15) is 22.8 Å². The first-order chi connectivity index (χ1) is 16.1. The summed E-state index contributed by atoms with van der Waals surface area (Å²) >= 11 is 8.31. The highest BCUT2D eigenvalue weighted by Crippen LogP contribution is 2.27. The first kappa shape index (κ1) is 26.0. The van der Waals surface area contributed by atoms with Gasteiger partial charge in [0.05, 0.1) is 21.2 Å². The van der Waals surface area contributed by atoms with Crippen LogP contribution in [0.5, 0.6) is 0 Å². The quantitative estimate of drug-likeness (QED) is 0.277. The molecule has 0 atom stereocenters. The van der Waals surface area contributed by atoms with Gasteiger partial charge in [0, 0.05) is 15.8 Å². The van der Waals surface area contributed by atoms with Crippen LogP contribution in [-0.2, 0) is 19.6 Å². The number of aryl methyl sites for hydroxylation is 1. The Hall–Kier alpha value is -2.63. The van der Waals surface area contributed by atoms with Crippen molar-refractivity contribution in [3.05, 3.63) is 86.4 Å². The monoisotopic (exact) mass is 612 g/mol. The summed E-state index contributed by atoms with van der Waals surface area (Å²) in [5.74, 6) is -1.43. The molecule has 0 fully saturated rings. The lowest BCUT2D eigenvalue weighted by atomic mass is 10.2. The summed E-state index contributed by atoms with van der Waals surface area (Å²) in [6.45, 7) is 3.20. The highest BCUT2D eigenvalue weighted by molar-refractivity contribution is 14.1. The van der Waals surface area contributed by atoms with Gasteiger partial charge in [0.1, 0.15) is 0 Å². The zero-order valence-electron chi connectivity index (χ0n) is 18.4. The zero-order chi connectivity index (χ0) is 24.9. The average Bonchev–Trinajstić information content (AvgIpc) is 2.80. The fourth-order valence-corrected chi connectivity index (χ4v) is 5.54. The van der Waals surface area contributed by atoms with Gasteiger partial charge in [-0.15, -0.1) is 0 Å². The van der Waals surface area contributed by atoms with Crippen LogP contribution in [-0.4, -0.2) is 33.4 Å². The number of halogens is 2. The van der Waals surface area contributed by atoms with E-state index < -0.39 is 28.5 Å². The molecule has 34 heavy (non-hydrogen) atoms. The Morgan fingerprint density at radius 1 is 1.06 bits per heavy atom. The largest absolute Gasteiger partial charge is 0.452 e. The number of sulfonamides is 1. The SMILES string of the molecule is CCN(c1ccccc1)S(=O)(=O)c1ccc(Cl)c(C(=O)OCC(=O)Nc2ccc(I)cc2C)c1. The Balaban J connectivity index is 1.76. The van der Waals surface area contributed by atoms with Gasteiger partial charge in [-0.3, -0.25) is 9.10 Å². The fraction of sp³-hybridized carbons (Fsp3) is 0.167. The second-order valence-electron chi connectivity index (χ2n) is 7.23. The highest BCUT2D eigenvalue weighted by Gasteiger charge is 2.26. The van der Waals surface area contributed by atoms with Crippen molar-refractivity contribution >= 4 is 67.5 Å². The third-order valence-electron chi connectivity index (χ3n) is 4.87. The van der Waals surface area contributed by atoms with Crippen LogP contribution in [0.15, 0.2) is 71.6 Å². The number of carbonyl (C=O) groups is 2. The number of amides is 1. The molecule has 3 rings (SSSR count). The molecular weight excluding hydrogens is 591 g/mol. The normalized spacial score (nSPS) is 11.1. The van der Waals surface area contributed by atoms with Crippen molar-refractivity contribution in [2.24, 2.45) is 0 Å². The number of para-hydroxylation sites is 1. The highest BCUT2D eigenvalue weighted by atomic mass is 127. The van der Waals surface area contributed by atoms with E-state index in [1.54, 1.807) is 43.3 Å². The van der Waals surface area contributed by atoms with Gasteiger partial charge in [-0.2, -0.15) is 0 Å². The molecule has 0 heterocycles. The van der Waals surface area contributed by atoms with Gasteiger partial charge < -0.3 is 10.1 Å². The average molecular weight is 613 g/mol. The van der Waals surface area contributed by atoms with Gasteiger partial charge in [0.2, 0.25) is 0 Å². The zero-order valence-corrected chi connectivity index (χ0v) is 22.1. The van der Waals surface area contributed by atoms with Crippen molar-refractivity contribution in [3.63, 3.8) is 0 Å². The van der Waals surface area contributed by atoms with Gasteiger partial charge in [-0.1, -0.05) is 29.8 Å². The standard InChI is InChI=1S/C24H22ClIN2O5S/c1-3-28(18-7-5-4-6-8-18)34(31,32)19-10-11-21(25)20(14-19)24(30)33-15-23(29)27-22-12-9-17(26)13-16(22)2/h4-14H,3,15H2,1-2H3,(H,27,29). The number of carbonyl (C=O) groups excluding carboxylic acids is 2. The van der Waals surface area contributed by atoms with Crippen molar-refractivity contribution in [2.45, 2.75) is 18.7 Å². The predicted octanol–water partition coefficient (Wildman–Crippen LogP) is 5.26. The van der Waals surface area contributed by atoms with Gasteiger partial charge in [0.25, 0.3) is 15.9 Å². The van der Waals surface area contributed by atoms with Crippen LogP contribution in [0, 0.1) is 10.5 Å². The summed E-state index contributed by atoms with van der Waals surface area (Å²) in [5, 5.41) is 2.69. The molecular formula is C24H22ClIN2O5S. The molecule has 0 saturated carbocycles. The van der Waals surface area contributed by atoms with Gasteiger partial charge in [0.15, 0.2) is 6.61 Å². The van der Waals surface area contributed by atoms with Crippen molar-refractivity contribution in [1.82, 2.24) is 0 Å². The summed E-state index contributed by atoms with van der Waals surface area (Å²) in [6.07, 6.45) is 0. The molecule has 3 aromatic rings. The molecule has 0 radical (unpaired) electrons. The molecule has 178 valence electrons. The van der Waals surface area contributed by atoms with Crippen molar-refractivity contribution in [1.29, 1.82) is 0 Å². The number of hydrogen-bond acceptors (Lipinski definition) is 5. The lowest BCUT2D eigenvalue weighted by molar-refractivity contribution is -0.119. The Labute approximate surface area is 217 Å². The van der Waals surface area contributed by atoms with Crippen LogP contribution in [0.25, 0.3) is 0 Å². The summed E-state index contributed by atoms with van der Waals surface area (Å²) < 4.78 is 33.8. The second-order valence-corrected chi connectivity index (χ2v) is 10.7. The molecule has 0 unspecified atom stereocenters. The first-order valence-electron chi connectivity index (χ1n) is 10.2. The van der Waals surface area contributed by atoms with Gasteiger partial charge in [-0.05, 0) is 90.5 Å². The number of ether oxygens (including phenoxy) is 1. The molecule has 0 aliphatic carbocycles. The molecule has 7 nitrogen and oxygen atoms in total. The minimum atomic E-state index is -3.97. The van der Waals surface area contributed by atoms with Crippen molar-refractivity contribution in [2.75, 3.05) is 22.8 Å². The topological polar surface area (TPSA) is 92.8 Å². The van der Waals surface area contributed by atoms with E-state index in [0.717, 1.165) is 15.2 Å². The van der Waals surface area contributed by atoms with Crippen LogP contribution < -0.4 is 9.62 Å². The molecule has 0 aromatic heterocycles. The summed E-state index contributed by atoms with van der Waals surface area (Å²) in [5.41, 5.74) is 1.82. The van der Waals surface area contributed by atoms with Crippen LogP contribution >= 0.6 is 34.2 Å². The molecule has 0 bridgehead atoms. The molecule has 0 aliphatic heterocycles. The third kappa shape index (κ3) is 6.08. The molecule has 0 aliphatic rings. The summed E-state index contributed by atoms with van der Waals surface area (Å²) in [4.78, 5) is 24.8. The second kappa shape index (κ2) is 11.2. The molecule has 0 saturated heterocycles. The maximum absolute atomic E-state index is 13.2.